The van der Waals surface area contributed by atoms with Crippen molar-refractivity contribution in [3.8, 4) is 0 Å². The van der Waals surface area contributed by atoms with Crippen LogP contribution in [-0.4, -0.2) is 11.1 Å². The van der Waals surface area contributed by atoms with Crippen molar-refractivity contribution >= 4 is 5.97 Å². The first-order chi connectivity index (χ1) is 14.8. The largest absolute Gasteiger partial charge is 0.481 e. The van der Waals surface area contributed by atoms with Crippen molar-refractivity contribution < 1.29 is 9.90 Å². The van der Waals surface area contributed by atoms with Gasteiger partial charge >= 0.3 is 5.97 Å². The van der Waals surface area contributed by atoms with Crippen molar-refractivity contribution in [1.29, 1.82) is 0 Å². The fraction of sp³-hybridized carbons (Fsp3) is 0.900. The SMILES string of the molecule is CC(C)[C@H]1CC[C@@H]2[C@]1(C(=O)O)CC[C@]1(C)C3=CC[C@H]4C(C)(C)CCC[C@]4(C)[C@H]3CC[C@@]21C. The summed E-state index contributed by atoms with van der Waals surface area (Å²) in [5.41, 5.74) is 2.41. The third kappa shape index (κ3) is 2.56. The standard InChI is InChI=1S/C30H48O2/c1-19(2)20-9-12-24-29(7)16-13-21-22(28(29,6)17-18-30(20,24)25(31)32)10-11-23-26(3,4)14-8-15-27(21,23)5/h10,19-21,23-24H,8-9,11-18H2,1-7H3,(H,31,32)/t20-,21+,23+,24+,27-,28-,29+,30+/m1/s1. The highest BCUT2D eigenvalue weighted by Gasteiger charge is 2.71. The molecule has 2 nitrogen and oxygen atoms in total. The second kappa shape index (κ2) is 6.88. The Morgan fingerprint density at radius 3 is 2.31 bits per heavy atom. The molecule has 0 aromatic carbocycles. The summed E-state index contributed by atoms with van der Waals surface area (Å²) >= 11 is 0. The van der Waals surface area contributed by atoms with Gasteiger partial charge in [0, 0.05) is 0 Å². The number of rotatable bonds is 2. The number of carbonyl (C=O) groups is 1. The van der Waals surface area contributed by atoms with Gasteiger partial charge in [-0.15, -0.1) is 0 Å². The van der Waals surface area contributed by atoms with Gasteiger partial charge in [0.25, 0.3) is 0 Å². The Balaban J connectivity index is 1.58. The number of carboxylic acids is 1. The molecule has 0 spiro atoms. The highest BCUT2D eigenvalue weighted by Crippen LogP contribution is 2.76. The van der Waals surface area contributed by atoms with Gasteiger partial charge in [-0.25, -0.2) is 0 Å². The molecule has 180 valence electrons. The number of allylic oxidation sites excluding steroid dienone is 2. The van der Waals surface area contributed by atoms with E-state index in [1.807, 2.05) is 0 Å². The van der Waals surface area contributed by atoms with Crippen LogP contribution in [0.5, 0.6) is 0 Å². The van der Waals surface area contributed by atoms with Crippen molar-refractivity contribution in [1.82, 2.24) is 0 Å². The predicted molar refractivity (Wildman–Crippen MR) is 131 cm³/mol. The molecule has 0 amide bonds. The molecule has 0 aliphatic heterocycles. The number of fused-ring (bicyclic) bond motifs is 7. The first-order valence-corrected chi connectivity index (χ1v) is 13.8. The van der Waals surface area contributed by atoms with Crippen LogP contribution in [0.1, 0.15) is 113 Å². The van der Waals surface area contributed by atoms with Gasteiger partial charge in [0.1, 0.15) is 0 Å². The Bertz CT molecular complexity index is 838. The van der Waals surface area contributed by atoms with Crippen molar-refractivity contribution in [3.05, 3.63) is 11.6 Å². The van der Waals surface area contributed by atoms with E-state index in [1.54, 1.807) is 5.57 Å². The predicted octanol–water partition coefficient (Wildman–Crippen LogP) is 8.12. The molecular formula is C30H48O2. The van der Waals surface area contributed by atoms with E-state index in [1.165, 1.54) is 38.5 Å². The molecule has 0 aromatic heterocycles. The van der Waals surface area contributed by atoms with Crippen molar-refractivity contribution in [2.45, 2.75) is 113 Å². The highest BCUT2D eigenvalue weighted by atomic mass is 16.4. The van der Waals surface area contributed by atoms with E-state index in [0.29, 0.717) is 34.5 Å². The summed E-state index contributed by atoms with van der Waals surface area (Å²) < 4.78 is 0. The summed E-state index contributed by atoms with van der Waals surface area (Å²) in [6.07, 6.45) is 14.7. The normalized spacial score (nSPS) is 51.8. The molecule has 0 saturated heterocycles. The van der Waals surface area contributed by atoms with Crippen LogP contribution < -0.4 is 0 Å². The Hall–Kier alpha value is -0.790. The van der Waals surface area contributed by atoms with Gasteiger partial charge in [-0.2, -0.15) is 0 Å². The molecular weight excluding hydrogens is 392 g/mol. The molecule has 5 aliphatic carbocycles. The zero-order valence-corrected chi connectivity index (χ0v) is 21.9. The minimum atomic E-state index is -0.496. The molecule has 4 fully saturated rings. The zero-order chi connectivity index (χ0) is 23.3. The highest BCUT2D eigenvalue weighted by molar-refractivity contribution is 5.77. The average Bonchev–Trinajstić information content (AvgIpc) is 3.11. The van der Waals surface area contributed by atoms with E-state index in [4.69, 9.17) is 0 Å². The topological polar surface area (TPSA) is 37.3 Å². The average molecular weight is 441 g/mol. The van der Waals surface area contributed by atoms with Crippen LogP contribution in [0.25, 0.3) is 0 Å². The maximum absolute atomic E-state index is 13.0. The van der Waals surface area contributed by atoms with Crippen LogP contribution in [0, 0.1) is 56.7 Å². The van der Waals surface area contributed by atoms with E-state index in [9.17, 15) is 9.90 Å². The summed E-state index contributed by atoms with van der Waals surface area (Å²) in [5, 5.41) is 10.7. The molecule has 0 unspecified atom stereocenters. The summed E-state index contributed by atoms with van der Waals surface area (Å²) in [4.78, 5) is 13.0. The van der Waals surface area contributed by atoms with Crippen LogP contribution in [0.2, 0.25) is 0 Å². The van der Waals surface area contributed by atoms with Crippen LogP contribution in [0.4, 0.5) is 0 Å². The van der Waals surface area contributed by atoms with Crippen molar-refractivity contribution in [2.24, 2.45) is 56.7 Å². The molecule has 0 radical (unpaired) electrons. The van der Waals surface area contributed by atoms with E-state index in [0.717, 1.165) is 31.6 Å². The number of hydrogen-bond donors (Lipinski definition) is 1. The molecule has 1 N–H and O–H groups in total. The van der Waals surface area contributed by atoms with E-state index in [-0.39, 0.29) is 10.8 Å². The van der Waals surface area contributed by atoms with Crippen LogP contribution >= 0.6 is 0 Å². The molecule has 4 saturated carbocycles. The lowest BCUT2D eigenvalue weighted by atomic mass is 9.35. The minimum absolute atomic E-state index is 0.114. The smallest absolute Gasteiger partial charge is 0.310 e. The molecule has 8 atom stereocenters. The Morgan fingerprint density at radius 1 is 0.938 bits per heavy atom. The van der Waals surface area contributed by atoms with E-state index < -0.39 is 11.4 Å². The zero-order valence-electron chi connectivity index (χ0n) is 21.9. The maximum Gasteiger partial charge on any atom is 0.310 e. The molecule has 32 heavy (non-hydrogen) atoms. The van der Waals surface area contributed by atoms with Crippen molar-refractivity contribution in [3.63, 3.8) is 0 Å². The number of hydrogen-bond acceptors (Lipinski definition) is 1. The fourth-order valence-electron chi connectivity index (χ4n) is 11.2. The third-order valence-electron chi connectivity index (χ3n) is 12.9. The van der Waals surface area contributed by atoms with E-state index in [2.05, 4.69) is 54.5 Å². The van der Waals surface area contributed by atoms with Gasteiger partial charge in [0.2, 0.25) is 0 Å². The Labute approximate surface area is 197 Å². The monoisotopic (exact) mass is 440 g/mol. The number of carboxylic acid groups (broad SMARTS) is 1. The summed E-state index contributed by atoms with van der Waals surface area (Å²) in [6.45, 7) is 17.3. The maximum atomic E-state index is 13.0. The molecule has 0 bridgehead atoms. The first kappa shape index (κ1) is 23.0. The third-order valence-corrected chi connectivity index (χ3v) is 12.9. The van der Waals surface area contributed by atoms with Gasteiger partial charge in [-0.3, -0.25) is 4.79 Å². The van der Waals surface area contributed by atoms with Crippen LogP contribution in [0.3, 0.4) is 0 Å². The van der Waals surface area contributed by atoms with E-state index >= 15 is 0 Å². The van der Waals surface area contributed by atoms with Gasteiger partial charge in [-0.05, 0) is 109 Å². The van der Waals surface area contributed by atoms with Gasteiger partial charge in [-0.1, -0.05) is 66.5 Å². The minimum Gasteiger partial charge on any atom is -0.481 e. The fourth-order valence-corrected chi connectivity index (χ4v) is 11.2. The number of aliphatic carboxylic acids is 1. The lowest BCUT2D eigenvalue weighted by Gasteiger charge is -2.68. The first-order valence-electron chi connectivity index (χ1n) is 13.8. The van der Waals surface area contributed by atoms with Crippen LogP contribution in [0.15, 0.2) is 11.6 Å². The quantitative estimate of drug-likeness (QED) is 0.440. The molecule has 5 rings (SSSR count). The molecule has 0 heterocycles. The van der Waals surface area contributed by atoms with Gasteiger partial charge in [0.05, 0.1) is 5.41 Å². The summed E-state index contributed by atoms with van der Waals surface area (Å²) in [5.74, 6) is 2.14. The second-order valence-electron chi connectivity index (χ2n) is 14.5. The molecule has 0 aromatic rings. The van der Waals surface area contributed by atoms with Gasteiger partial charge in [0.15, 0.2) is 0 Å². The lowest BCUT2D eigenvalue weighted by Crippen LogP contribution is -2.62. The summed E-state index contributed by atoms with van der Waals surface area (Å²) in [7, 11) is 0. The summed E-state index contributed by atoms with van der Waals surface area (Å²) in [6, 6.07) is 0. The Kier molecular flexibility index (Phi) is 4.94. The van der Waals surface area contributed by atoms with Crippen LogP contribution in [-0.2, 0) is 4.79 Å². The lowest BCUT2D eigenvalue weighted by molar-refractivity contribution is -0.183. The van der Waals surface area contributed by atoms with Gasteiger partial charge < -0.3 is 5.11 Å². The second-order valence-corrected chi connectivity index (χ2v) is 14.5. The van der Waals surface area contributed by atoms with Crippen molar-refractivity contribution in [2.75, 3.05) is 0 Å². The molecule has 5 aliphatic rings. The molecule has 2 heteroatoms. The Morgan fingerprint density at radius 2 is 1.66 bits per heavy atom.